The molecular formula is C22H26N8O7. The molecule has 1 aliphatic heterocycles. The SMILES string of the molecule is COc1ccc(CC(N)C(=O)NC2C(C(=O)NCC(=O)O)OC(n3cnc4c(N)ncnc43)C2O)cc1. The molecule has 2 aromatic heterocycles. The van der Waals surface area contributed by atoms with E-state index in [2.05, 4.69) is 25.6 Å². The quantitative estimate of drug-likeness (QED) is 0.181. The Balaban J connectivity index is 1.55. The third-order valence-corrected chi connectivity index (χ3v) is 5.87. The second kappa shape index (κ2) is 10.7. The topological polar surface area (TPSA) is 230 Å². The van der Waals surface area contributed by atoms with E-state index >= 15 is 0 Å². The number of nitrogen functional groups attached to an aromatic ring is 1. The molecule has 3 heterocycles. The van der Waals surface area contributed by atoms with Gasteiger partial charge in [0.25, 0.3) is 5.91 Å². The van der Waals surface area contributed by atoms with Crippen molar-refractivity contribution in [1.29, 1.82) is 0 Å². The number of methoxy groups -OCH3 is 1. The summed E-state index contributed by atoms with van der Waals surface area (Å²) in [5.41, 5.74) is 13.2. The average Bonchev–Trinajstić information content (AvgIpc) is 3.45. The van der Waals surface area contributed by atoms with Gasteiger partial charge in [-0.15, -0.1) is 0 Å². The molecule has 2 amide bonds. The first-order valence-electron chi connectivity index (χ1n) is 11.1. The molecule has 0 saturated carbocycles. The largest absolute Gasteiger partial charge is 0.497 e. The summed E-state index contributed by atoms with van der Waals surface area (Å²) >= 11 is 0. The highest BCUT2D eigenvalue weighted by Crippen LogP contribution is 2.32. The number of hydrogen-bond donors (Lipinski definition) is 6. The number of anilines is 1. The lowest BCUT2D eigenvalue weighted by atomic mass is 10.0. The normalized spacial score (nSPS) is 21.9. The van der Waals surface area contributed by atoms with E-state index in [1.165, 1.54) is 24.3 Å². The highest BCUT2D eigenvalue weighted by molar-refractivity contribution is 5.88. The molecule has 4 rings (SSSR count). The van der Waals surface area contributed by atoms with E-state index < -0.39 is 54.8 Å². The molecule has 0 spiro atoms. The number of carboxylic acid groups (broad SMARTS) is 1. The van der Waals surface area contributed by atoms with Gasteiger partial charge in [-0.2, -0.15) is 0 Å². The van der Waals surface area contributed by atoms with Crippen molar-refractivity contribution in [2.45, 2.75) is 36.9 Å². The summed E-state index contributed by atoms with van der Waals surface area (Å²) in [5.74, 6) is -2.04. The molecule has 1 aliphatic rings. The Kier molecular flexibility index (Phi) is 7.47. The summed E-state index contributed by atoms with van der Waals surface area (Å²) < 4.78 is 12.3. The van der Waals surface area contributed by atoms with E-state index in [-0.39, 0.29) is 23.4 Å². The Hall–Kier alpha value is -4.34. The number of imidazole rings is 1. The van der Waals surface area contributed by atoms with Crippen molar-refractivity contribution >= 4 is 34.8 Å². The highest BCUT2D eigenvalue weighted by Gasteiger charge is 2.49. The van der Waals surface area contributed by atoms with Crippen molar-refractivity contribution < 1.29 is 34.1 Å². The van der Waals surface area contributed by atoms with E-state index in [1.807, 2.05) is 0 Å². The Bertz CT molecular complexity index is 1300. The number of amides is 2. The van der Waals surface area contributed by atoms with Crippen LogP contribution in [0.4, 0.5) is 5.82 Å². The predicted molar refractivity (Wildman–Crippen MR) is 127 cm³/mol. The molecule has 1 aromatic carbocycles. The number of aliphatic hydroxyl groups is 1. The van der Waals surface area contributed by atoms with Crippen LogP contribution in [0.25, 0.3) is 11.2 Å². The van der Waals surface area contributed by atoms with Gasteiger partial charge in [0.1, 0.15) is 30.2 Å². The van der Waals surface area contributed by atoms with Crippen LogP contribution in [-0.4, -0.2) is 85.5 Å². The van der Waals surface area contributed by atoms with Gasteiger partial charge in [0.05, 0.1) is 25.5 Å². The zero-order chi connectivity index (χ0) is 26.7. The lowest BCUT2D eigenvalue weighted by Gasteiger charge is -2.23. The average molecular weight is 514 g/mol. The van der Waals surface area contributed by atoms with E-state index in [0.29, 0.717) is 5.75 Å². The zero-order valence-electron chi connectivity index (χ0n) is 19.6. The number of benzene rings is 1. The number of hydrogen-bond acceptors (Lipinski definition) is 11. The van der Waals surface area contributed by atoms with Gasteiger partial charge in [0, 0.05) is 0 Å². The van der Waals surface area contributed by atoms with E-state index in [0.717, 1.165) is 5.56 Å². The van der Waals surface area contributed by atoms with E-state index in [4.69, 9.17) is 26.0 Å². The van der Waals surface area contributed by atoms with Crippen molar-refractivity contribution in [3.8, 4) is 5.75 Å². The fourth-order valence-electron chi connectivity index (χ4n) is 3.99. The lowest BCUT2D eigenvalue weighted by molar-refractivity contribution is -0.142. The van der Waals surface area contributed by atoms with Crippen LogP contribution in [0.3, 0.4) is 0 Å². The Morgan fingerprint density at radius 3 is 2.62 bits per heavy atom. The van der Waals surface area contributed by atoms with Crippen molar-refractivity contribution in [2.75, 3.05) is 19.4 Å². The summed E-state index contributed by atoms with van der Waals surface area (Å²) in [4.78, 5) is 48.7. The molecule has 5 atom stereocenters. The summed E-state index contributed by atoms with van der Waals surface area (Å²) in [6.07, 6.45) is -1.47. The minimum atomic E-state index is -1.47. The van der Waals surface area contributed by atoms with Crippen LogP contribution in [0, 0.1) is 0 Å². The van der Waals surface area contributed by atoms with Gasteiger partial charge in [0.15, 0.2) is 23.8 Å². The number of ether oxygens (including phenoxy) is 2. The second-order valence-corrected chi connectivity index (χ2v) is 8.33. The Morgan fingerprint density at radius 1 is 1.22 bits per heavy atom. The number of rotatable bonds is 9. The van der Waals surface area contributed by atoms with Crippen LogP contribution in [-0.2, 0) is 25.5 Å². The Labute approximate surface area is 209 Å². The van der Waals surface area contributed by atoms with E-state index in [9.17, 15) is 19.5 Å². The van der Waals surface area contributed by atoms with Crippen LogP contribution in [0.1, 0.15) is 11.8 Å². The molecule has 196 valence electrons. The van der Waals surface area contributed by atoms with Crippen molar-refractivity contribution in [3.05, 3.63) is 42.5 Å². The van der Waals surface area contributed by atoms with Gasteiger partial charge in [-0.05, 0) is 24.1 Å². The maximum atomic E-state index is 12.9. The van der Waals surface area contributed by atoms with Gasteiger partial charge in [0.2, 0.25) is 5.91 Å². The first kappa shape index (κ1) is 25.7. The maximum Gasteiger partial charge on any atom is 0.322 e. The minimum Gasteiger partial charge on any atom is -0.497 e. The second-order valence-electron chi connectivity index (χ2n) is 8.33. The molecular weight excluding hydrogens is 488 g/mol. The fraction of sp³-hybridized carbons (Fsp3) is 0.364. The van der Waals surface area contributed by atoms with Gasteiger partial charge in [-0.25, -0.2) is 15.0 Å². The maximum absolute atomic E-state index is 12.9. The number of fused-ring (bicyclic) bond motifs is 1. The van der Waals surface area contributed by atoms with Crippen LogP contribution in [0.2, 0.25) is 0 Å². The van der Waals surface area contributed by atoms with Crippen molar-refractivity contribution in [3.63, 3.8) is 0 Å². The minimum absolute atomic E-state index is 0.0985. The van der Waals surface area contributed by atoms with Crippen LogP contribution >= 0.6 is 0 Å². The molecule has 15 nitrogen and oxygen atoms in total. The Morgan fingerprint density at radius 2 is 1.95 bits per heavy atom. The first-order chi connectivity index (χ1) is 17.7. The van der Waals surface area contributed by atoms with Gasteiger partial charge in [-0.1, -0.05) is 12.1 Å². The number of aliphatic hydroxyl groups excluding tert-OH is 1. The number of carbonyl (C=O) groups is 3. The zero-order valence-corrected chi connectivity index (χ0v) is 19.6. The molecule has 8 N–H and O–H groups in total. The smallest absolute Gasteiger partial charge is 0.322 e. The van der Waals surface area contributed by atoms with Crippen LogP contribution in [0.5, 0.6) is 5.75 Å². The van der Waals surface area contributed by atoms with Crippen LogP contribution in [0.15, 0.2) is 36.9 Å². The van der Waals surface area contributed by atoms with Crippen LogP contribution < -0.4 is 26.8 Å². The number of carbonyl (C=O) groups excluding carboxylic acids is 2. The summed E-state index contributed by atoms with van der Waals surface area (Å²) in [6.45, 7) is -0.686. The van der Waals surface area contributed by atoms with E-state index in [1.54, 1.807) is 24.3 Å². The van der Waals surface area contributed by atoms with Gasteiger partial charge < -0.3 is 41.8 Å². The number of aromatic nitrogens is 4. The molecule has 1 saturated heterocycles. The number of nitrogens with two attached hydrogens (primary N) is 2. The number of nitrogens with zero attached hydrogens (tertiary/aromatic N) is 4. The molecule has 0 radical (unpaired) electrons. The summed E-state index contributed by atoms with van der Waals surface area (Å²) in [5, 5.41) is 24.8. The van der Waals surface area contributed by atoms with Crippen molar-refractivity contribution in [1.82, 2.24) is 30.2 Å². The fourth-order valence-corrected chi connectivity index (χ4v) is 3.99. The lowest BCUT2D eigenvalue weighted by Crippen LogP contribution is -2.56. The number of nitrogens with one attached hydrogen (secondary N) is 2. The molecule has 3 aromatic rings. The highest BCUT2D eigenvalue weighted by atomic mass is 16.5. The molecule has 5 unspecified atom stereocenters. The third kappa shape index (κ3) is 5.42. The first-order valence-corrected chi connectivity index (χ1v) is 11.1. The van der Waals surface area contributed by atoms with Gasteiger partial charge in [-0.3, -0.25) is 19.0 Å². The molecule has 15 heteroatoms. The standard InChI is InChI=1S/C22H26N8O7/c1-36-11-4-2-10(3-5-11)6-12(23)20(34)29-14-16(33)22(37-17(14)21(35)25-7-13(31)32)30-9-28-15-18(24)26-8-27-19(15)30/h2-5,8-9,12,14,16-17,22,33H,6-7,23H2,1H3,(H,25,35)(H,29,34)(H,31,32)(H2,24,26,27). The molecule has 1 fully saturated rings. The number of carboxylic acids is 1. The predicted octanol–water partition coefficient (Wildman–Crippen LogP) is -2.07. The summed E-state index contributed by atoms with van der Waals surface area (Å²) in [7, 11) is 1.54. The molecule has 0 aliphatic carbocycles. The monoisotopic (exact) mass is 514 g/mol. The van der Waals surface area contributed by atoms with Crippen molar-refractivity contribution in [2.24, 2.45) is 5.73 Å². The molecule has 37 heavy (non-hydrogen) atoms. The third-order valence-electron chi connectivity index (χ3n) is 5.87. The number of aliphatic carboxylic acids is 1. The van der Waals surface area contributed by atoms with Gasteiger partial charge >= 0.3 is 5.97 Å². The summed E-state index contributed by atoms with van der Waals surface area (Å²) in [6, 6.07) is 4.68. The molecule has 0 bridgehead atoms.